The summed E-state index contributed by atoms with van der Waals surface area (Å²) in [5, 5.41) is 0. The van der Waals surface area contributed by atoms with Gasteiger partial charge in [-0.1, -0.05) is 0 Å². The van der Waals surface area contributed by atoms with Gasteiger partial charge in [-0.3, -0.25) is 4.79 Å². The van der Waals surface area contributed by atoms with Crippen molar-refractivity contribution in [2.75, 3.05) is 79.3 Å². The lowest BCUT2D eigenvalue weighted by Gasteiger charge is -2.14. The van der Waals surface area contributed by atoms with Crippen LogP contribution in [0.1, 0.15) is 0 Å². The number of ether oxygens (including phenoxy) is 8. The minimum Gasteiger partial charge on any atom is -0.487 e. The van der Waals surface area contributed by atoms with Gasteiger partial charge in [-0.25, -0.2) is 0 Å². The third-order valence-corrected chi connectivity index (χ3v) is 3.56. The lowest BCUT2D eigenvalue weighted by molar-refractivity contribution is -0.120. The highest BCUT2D eigenvalue weighted by Gasteiger charge is 2.08. The molecule has 0 aromatic heterocycles. The number of carbonyl (C=O) groups excluding carboxylic acids is 1. The molecule has 9 nitrogen and oxygen atoms in total. The Balaban J connectivity index is 1.84. The maximum atomic E-state index is 10.5. The van der Waals surface area contributed by atoms with Crippen LogP contribution >= 0.6 is 0 Å². The molecule has 1 heterocycles. The molecule has 0 fully saturated rings. The fourth-order valence-electron chi connectivity index (χ4n) is 2.25. The quantitative estimate of drug-likeness (QED) is 0.676. The van der Waals surface area contributed by atoms with Gasteiger partial charge in [0.1, 0.15) is 19.0 Å². The van der Waals surface area contributed by atoms with Gasteiger partial charge >= 0.3 is 0 Å². The molecule has 0 amide bonds. The first-order chi connectivity index (χ1) is 13.9. The zero-order chi connectivity index (χ0) is 19.7. The Bertz CT molecular complexity index is 538. The van der Waals surface area contributed by atoms with Crippen LogP contribution in [0, 0.1) is 0 Å². The molecule has 28 heavy (non-hydrogen) atoms. The van der Waals surface area contributed by atoms with E-state index in [1.165, 1.54) is 0 Å². The highest BCUT2D eigenvalue weighted by atomic mass is 16.6. The van der Waals surface area contributed by atoms with E-state index in [0.717, 1.165) is 0 Å². The first kappa shape index (κ1) is 22.4. The summed E-state index contributed by atoms with van der Waals surface area (Å²) in [4.78, 5) is 10.5. The second-order valence-corrected chi connectivity index (χ2v) is 5.58. The number of hydrogen-bond donors (Lipinski definition) is 0. The molecule has 0 radical (unpaired) electrons. The summed E-state index contributed by atoms with van der Waals surface area (Å²) in [5.74, 6) is 1.36. The van der Waals surface area contributed by atoms with E-state index in [1.807, 2.05) is 0 Å². The smallest absolute Gasteiger partial charge is 0.298 e. The predicted octanol–water partition coefficient (Wildman–Crippen LogP) is 1.08. The van der Waals surface area contributed by atoms with Gasteiger partial charge in [0.15, 0.2) is 11.5 Å². The van der Waals surface area contributed by atoms with Crippen molar-refractivity contribution in [1.82, 2.24) is 0 Å². The molecule has 2 rings (SSSR count). The molecule has 158 valence electrons. The normalized spacial score (nSPS) is 19.1. The van der Waals surface area contributed by atoms with Gasteiger partial charge < -0.3 is 37.9 Å². The van der Waals surface area contributed by atoms with Crippen LogP contribution in [-0.2, 0) is 28.5 Å². The van der Waals surface area contributed by atoms with E-state index in [9.17, 15) is 4.79 Å². The highest BCUT2D eigenvalue weighted by molar-refractivity contribution is 5.51. The minimum absolute atomic E-state index is 0.317. The topological polar surface area (TPSA) is 90.9 Å². The summed E-state index contributed by atoms with van der Waals surface area (Å²) in [7, 11) is 0. The average Bonchev–Trinajstić information content (AvgIpc) is 2.70. The van der Waals surface area contributed by atoms with Crippen molar-refractivity contribution in [2.45, 2.75) is 0 Å². The van der Waals surface area contributed by atoms with Crippen molar-refractivity contribution in [3.8, 4) is 17.2 Å². The van der Waals surface area contributed by atoms with E-state index >= 15 is 0 Å². The second-order valence-electron chi connectivity index (χ2n) is 5.58. The summed E-state index contributed by atoms with van der Waals surface area (Å²) in [6, 6.07) is 4.90. The monoisotopic (exact) mass is 400 g/mol. The predicted molar refractivity (Wildman–Crippen MR) is 98.2 cm³/mol. The third kappa shape index (κ3) is 9.86. The van der Waals surface area contributed by atoms with E-state index in [4.69, 9.17) is 37.9 Å². The SMILES string of the molecule is O=COc1ccc2c(c1)OCCOCCOCCOCCOCCOCCO2. The Morgan fingerprint density at radius 1 is 0.607 bits per heavy atom. The Morgan fingerprint density at radius 3 is 1.50 bits per heavy atom. The van der Waals surface area contributed by atoms with E-state index in [2.05, 4.69) is 0 Å². The van der Waals surface area contributed by atoms with Crippen molar-refractivity contribution in [3.63, 3.8) is 0 Å². The highest BCUT2D eigenvalue weighted by Crippen LogP contribution is 2.31. The Labute approximate surface area is 164 Å². The molecule has 1 aliphatic heterocycles. The summed E-state index contributed by atoms with van der Waals surface area (Å²) in [6.07, 6.45) is 0. The average molecular weight is 400 g/mol. The Morgan fingerprint density at radius 2 is 1.04 bits per heavy atom. The van der Waals surface area contributed by atoms with Crippen LogP contribution < -0.4 is 14.2 Å². The van der Waals surface area contributed by atoms with E-state index < -0.39 is 0 Å². The van der Waals surface area contributed by atoms with Crippen LogP contribution in [0.5, 0.6) is 17.2 Å². The van der Waals surface area contributed by atoms with Crippen molar-refractivity contribution in [3.05, 3.63) is 18.2 Å². The van der Waals surface area contributed by atoms with Crippen molar-refractivity contribution in [1.29, 1.82) is 0 Å². The maximum absolute atomic E-state index is 10.5. The summed E-state index contributed by atoms with van der Waals surface area (Å²) < 4.78 is 43.4. The van der Waals surface area contributed by atoms with Crippen molar-refractivity contribution in [2.24, 2.45) is 0 Å². The zero-order valence-corrected chi connectivity index (χ0v) is 16.0. The lowest BCUT2D eigenvalue weighted by Crippen LogP contribution is -2.14. The molecule has 0 N–H and O–H groups in total. The van der Waals surface area contributed by atoms with E-state index in [-0.39, 0.29) is 0 Å². The maximum Gasteiger partial charge on any atom is 0.298 e. The largest absolute Gasteiger partial charge is 0.487 e. The molecule has 0 aliphatic carbocycles. The standard InChI is InChI=1S/C19H28O9/c20-16-28-17-1-2-18-19(15-17)27-14-12-25-10-8-23-6-4-21-3-5-22-7-9-24-11-13-26-18/h1-2,15-16H,3-14H2. The second kappa shape index (κ2) is 15.1. The number of fused-ring (bicyclic) bond motifs is 1. The fourth-order valence-corrected chi connectivity index (χ4v) is 2.25. The van der Waals surface area contributed by atoms with Gasteiger partial charge in [0, 0.05) is 6.07 Å². The first-order valence-corrected chi connectivity index (χ1v) is 9.29. The van der Waals surface area contributed by atoms with Crippen LogP contribution in [0.25, 0.3) is 0 Å². The summed E-state index contributed by atoms with van der Waals surface area (Å²) in [6.45, 7) is 5.78. The molecule has 0 saturated heterocycles. The molecular formula is C19H28O9. The lowest BCUT2D eigenvalue weighted by atomic mass is 10.3. The van der Waals surface area contributed by atoms with Gasteiger partial charge in [-0.15, -0.1) is 0 Å². The zero-order valence-electron chi connectivity index (χ0n) is 16.0. The van der Waals surface area contributed by atoms with E-state index in [1.54, 1.807) is 18.2 Å². The number of benzene rings is 1. The molecule has 0 bridgehead atoms. The van der Waals surface area contributed by atoms with Crippen LogP contribution in [0.3, 0.4) is 0 Å². The van der Waals surface area contributed by atoms with Crippen LogP contribution in [0.2, 0.25) is 0 Å². The first-order valence-electron chi connectivity index (χ1n) is 9.29. The van der Waals surface area contributed by atoms with E-state index in [0.29, 0.717) is 103 Å². The van der Waals surface area contributed by atoms with Gasteiger partial charge in [0.05, 0.1) is 66.1 Å². The van der Waals surface area contributed by atoms with Crippen LogP contribution in [0.15, 0.2) is 18.2 Å². The molecule has 1 aromatic rings. The molecule has 1 aromatic carbocycles. The Hall–Kier alpha value is -1.91. The molecule has 1 aliphatic rings. The van der Waals surface area contributed by atoms with Gasteiger partial charge in [-0.05, 0) is 12.1 Å². The molecule has 0 unspecified atom stereocenters. The van der Waals surface area contributed by atoms with Crippen LogP contribution in [0.4, 0.5) is 0 Å². The number of rotatable bonds is 2. The minimum atomic E-state index is 0.317. The van der Waals surface area contributed by atoms with Gasteiger partial charge in [-0.2, -0.15) is 0 Å². The molecular weight excluding hydrogens is 372 g/mol. The summed E-state index contributed by atoms with van der Waals surface area (Å²) in [5.41, 5.74) is 0. The number of hydrogen-bond acceptors (Lipinski definition) is 9. The Kier molecular flexibility index (Phi) is 12.0. The summed E-state index contributed by atoms with van der Waals surface area (Å²) >= 11 is 0. The molecule has 0 saturated carbocycles. The third-order valence-electron chi connectivity index (χ3n) is 3.56. The van der Waals surface area contributed by atoms with Gasteiger partial charge in [0.25, 0.3) is 6.47 Å². The fraction of sp³-hybridized carbons (Fsp3) is 0.632. The number of carbonyl (C=O) groups is 1. The van der Waals surface area contributed by atoms with Crippen molar-refractivity contribution < 1.29 is 42.7 Å². The van der Waals surface area contributed by atoms with Gasteiger partial charge in [0.2, 0.25) is 0 Å². The molecule has 0 atom stereocenters. The van der Waals surface area contributed by atoms with Crippen molar-refractivity contribution >= 4 is 6.47 Å². The van der Waals surface area contributed by atoms with Crippen LogP contribution in [-0.4, -0.2) is 85.8 Å². The molecule has 9 heteroatoms. The molecule has 0 spiro atoms.